The molecule has 0 radical (unpaired) electrons. The van der Waals surface area contributed by atoms with Crippen molar-refractivity contribution in [2.75, 3.05) is 6.54 Å². The van der Waals surface area contributed by atoms with Crippen LogP contribution >= 0.6 is 12.4 Å². The van der Waals surface area contributed by atoms with Crippen LogP contribution in [0.4, 0.5) is 0 Å². The van der Waals surface area contributed by atoms with Crippen LogP contribution in [0.2, 0.25) is 0 Å². The highest BCUT2D eigenvalue weighted by atomic mass is 35.5. The van der Waals surface area contributed by atoms with Crippen LogP contribution in [0.25, 0.3) is 0 Å². The van der Waals surface area contributed by atoms with Crippen molar-refractivity contribution < 1.29 is 9.53 Å². The summed E-state index contributed by atoms with van der Waals surface area (Å²) >= 11 is 0. The lowest BCUT2D eigenvalue weighted by molar-refractivity contribution is 0.0982. The monoisotopic (exact) mass is 285 g/mol. The maximum Gasteiger partial charge on any atom is 0.164 e. The van der Waals surface area contributed by atoms with E-state index in [1.165, 1.54) is 0 Å². The smallest absolute Gasteiger partial charge is 0.164 e. The molecule has 4 heteroatoms. The van der Waals surface area contributed by atoms with E-state index in [-0.39, 0.29) is 24.3 Å². The molecule has 108 valence electrons. The molecule has 0 aliphatic heterocycles. The summed E-state index contributed by atoms with van der Waals surface area (Å²) in [5.41, 5.74) is 0.747. The Morgan fingerprint density at radius 2 is 1.74 bits per heavy atom. The Morgan fingerprint density at radius 1 is 1.16 bits per heavy atom. The number of benzene rings is 1. The van der Waals surface area contributed by atoms with Crippen molar-refractivity contribution >= 4 is 18.2 Å². The molecule has 19 heavy (non-hydrogen) atoms. The minimum atomic E-state index is 0. The van der Waals surface area contributed by atoms with Gasteiger partial charge < -0.3 is 10.1 Å². The molecule has 0 saturated heterocycles. The first-order valence-corrected chi connectivity index (χ1v) is 6.52. The fraction of sp³-hybridized carbons (Fsp3) is 0.533. The molecule has 1 aromatic rings. The van der Waals surface area contributed by atoms with Gasteiger partial charge in [0.15, 0.2) is 5.78 Å². The summed E-state index contributed by atoms with van der Waals surface area (Å²) in [6.45, 7) is 8.83. The molecule has 0 fully saturated rings. The standard InChI is InChI=1S/C15H23NO2.ClH/c1-11(2)16-10-9-15(17)13-5-7-14(8-6-13)18-12(3)4;/h5-8,11-12,16H,9-10H2,1-4H3;1H. The lowest BCUT2D eigenvalue weighted by Crippen LogP contribution is -2.25. The van der Waals surface area contributed by atoms with Crippen molar-refractivity contribution in [3.63, 3.8) is 0 Å². The van der Waals surface area contributed by atoms with Crippen LogP contribution in [0, 0.1) is 0 Å². The second-order valence-corrected chi connectivity index (χ2v) is 4.97. The van der Waals surface area contributed by atoms with Gasteiger partial charge in [-0.05, 0) is 38.1 Å². The van der Waals surface area contributed by atoms with Gasteiger partial charge in [-0.3, -0.25) is 4.79 Å². The zero-order valence-corrected chi connectivity index (χ0v) is 12.9. The van der Waals surface area contributed by atoms with Gasteiger partial charge in [-0.25, -0.2) is 0 Å². The van der Waals surface area contributed by atoms with Crippen molar-refractivity contribution in [2.45, 2.75) is 46.3 Å². The third-order valence-corrected chi connectivity index (χ3v) is 2.45. The number of carbonyl (C=O) groups is 1. The van der Waals surface area contributed by atoms with Crippen LogP contribution in [0.3, 0.4) is 0 Å². The van der Waals surface area contributed by atoms with Gasteiger partial charge in [0.1, 0.15) is 5.75 Å². The van der Waals surface area contributed by atoms with Crippen molar-refractivity contribution in [1.82, 2.24) is 5.32 Å². The zero-order valence-electron chi connectivity index (χ0n) is 12.1. The fourth-order valence-corrected chi connectivity index (χ4v) is 1.61. The summed E-state index contributed by atoms with van der Waals surface area (Å²) < 4.78 is 5.54. The van der Waals surface area contributed by atoms with E-state index in [9.17, 15) is 4.79 Å². The molecule has 1 N–H and O–H groups in total. The fourth-order valence-electron chi connectivity index (χ4n) is 1.61. The number of ketones is 1. The molecule has 0 aliphatic carbocycles. The maximum absolute atomic E-state index is 11.9. The minimum Gasteiger partial charge on any atom is -0.491 e. The number of hydrogen-bond acceptors (Lipinski definition) is 3. The minimum absolute atomic E-state index is 0. The highest BCUT2D eigenvalue weighted by Crippen LogP contribution is 2.14. The van der Waals surface area contributed by atoms with E-state index in [0.717, 1.165) is 17.9 Å². The lowest BCUT2D eigenvalue weighted by Gasteiger charge is -2.10. The summed E-state index contributed by atoms with van der Waals surface area (Å²) in [6.07, 6.45) is 0.685. The van der Waals surface area contributed by atoms with Crippen molar-refractivity contribution in [3.8, 4) is 5.75 Å². The molecule has 1 aromatic carbocycles. The van der Waals surface area contributed by atoms with E-state index in [2.05, 4.69) is 19.2 Å². The first kappa shape index (κ1) is 17.9. The molecule has 0 aromatic heterocycles. The zero-order chi connectivity index (χ0) is 13.5. The Hall–Kier alpha value is -1.06. The van der Waals surface area contributed by atoms with E-state index in [1.807, 2.05) is 38.1 Å². The highest BCUT2D eigenvalue weighted by Gasteiger charge is 2.06. The second kappa shape index (κ2) is 8.94. The maximum atomic E-state index is 11.9. The van der Waals surface area contributed by atoms with E-state index in [0.29, 0.717) is 12.5 Å². The molecule has 0 unspecified atom stereocenters. The molecule has 0 amide bonds. The highest BCUT2D eigenvalue weighted by molar-refractivity contribution is 5.96. The number of Topliss-reactive ketones (excluding diaryl/α,β-unsaturated/α-hetero) is 1. The van der Waals surface area contributed by atoms with Crippen molar-refractivity contribution in [1.29, 1.82) is 0 Å². The third kappa shape index (κ3) is 7.19. The Kier molecular flexibility index (Phi) is 8.44. The van der Waals surface area contributed by atoms with Gasteiger partial charge in [-0.2, -0.15) is 0 Å². The Bertz CT molecular complexity index is 374. The molecule has 1 rings (SSSR count). The predicted octanol–water partition coefficient (Wildman–Crippen LogP) is 3.47. The second-order valence-electron chi connectivity index (χ2n) is 4.97. The summed E-state index contributed by atoms with van der Waals surface area (Å²) in [7, 11) is 0. The summed E-state index contributed by atoms with van der Waals surface area (Å²) in [4.78, 5) is 11.9. The first-order valence-electron chi connectivity index (χ1n) is 6.52. The molecule has 3 nitrogen and oxygen atoms in total. The SMILES string of the molecule is CC(C)NCCC(=O)c1ccc(OC(C)C)cc1.Cl. The van der Waals surface area contributed by atoms with Crippen LogP contribution in [0.15, 0.2) is 24.3 Å². The number of halogens is 1. The summed E-state index contributed by atoms with van der Waals surface area (Å²) in [5.74, 6) is 0.973. The average Bonchev–Trinajstić information content (AvgIpc) is 2.28. The van der Waals surface area contributed by atoms with Crippen LogP contribution in [-0.2, 0) is 0 Å². The molecular weight excluding hydrogens is 262 g/mol. The average molecular weight is 286 g/mol. The van der Waals surface area contributed by atoms with E-state index in [4.69, 9.17) is 4.74 Å². The quantitative estimate of drug-likeness (QED) is 0.780. The molecule has 0 aliphatic rings. The summed E-state index contributed by atoms with van der Waals surface area (Å²) in [6, 6.07) is 7.77. The lowest BCUT2D eigenvalue weighted by atomic mass is 10.1. The largest absolute Gasteiger partial charge is 0.491 e. The number of rotatable bonds is 7. The van der Waals surface area contributed by atoms with Gasteiger partial charge in [-0.1, -0.05) is 13.8 Å². The topological polar surface area (TPSA) is 38.3 Å². The van der Waals surface area contributed by atoms with Gasteiger partial charge in [-0.15, -0.1) is 12.4 Å². The molecule has 0 atom stereocenters. The number of hydrogen-bond donors (Lipinski definition) is 1. The number of ether oxygens (including phenoxy) is 1. The number of carbonyl (C=O) groups excluding carboxylic acids is 1. The molecule has 0 heterocycles. The van der Waals surface area contributed by atoms with Gasteiger partial charge in [0.25, 0.3) is 0 Å². The molecule has 0 spiro atoms. The molecule has 0 bridgehead atoms. The predicted molar refractivity (Wildman–Crippen MR) is 81.5 cm³/mol. The van der Waals surface area contributed by atoms with E-state index >= 15 is 0 Å². The van der Waals surface area contributed by atoms with Gasteiger partial charge in [0.05, 0.1) is 6.10 Å². The normalized spacial score (nSPS) is 10.4. The van der Waals surface area contributed by atoms with Crippen LogP contribution in [-0.4, -0.2) is 24.5 Å². The molecular formula is C15H24ClNO2. The van der Waals surface area contributed by atoms with Crippen molar-refractivity contribution in [3.05, 3.63) is 29.8 Å². The summed E-state index contributed by atoms with van der Waals surface area (Å²) in [5, 5.41) is 3.24. The Labute approximate surface area is 122 Å². The Balaban J connectivity index is 0.00000324. The molecule has 0 saturated carbocycles. The van der Waals surface area contributed by atoms with Crippen molar-refractivity contribution in [2.24, 2.45) is 0 Å². The van der Waals surface area contributed by atoms with Crippen LogP contribution in [0.1, 0.15) is 44.5 Å². The van der Waals surface area contributed by atoms with Crippen LogP contribution < -0.4 is 10.1 Å². The van der Waals surface area contributed by atoms with Crippen LogP contribution in [0.5, 0.6) is 5.75 Å². The van der Waals surface area contributed by atoms with Gasteiger partial charge in [0, 0.05) is 24.6 Å². The van der Waals surface area contributed by atoms with Gasteiger partial charge >= 0.3 is 0 Å². The number of nitrogens with one attached hydrogen (secondary N) is 1. The van der Waals surface area contributed by atoms with Gasteiger partial charge in [0.2, 0.25) is 0 Å². The first-order chi connectivity index (χ1) is 8.49. The van der Waals surface area contributed by atoms with E-state index in [1.54, 1.807) is 0 Å². The third-order valence-electron chi connectivity index (χ3n) is 2.45. The Morgan fingerprint density at radius 3 is 2.21 bits per heavy atom. The van der Waals surface area contributed by atoms with E-state index < -0.39 is 0 Å².